The van der Waals surface area contributed by atoms with Crippen LogP contribution in [0.15, 0.2) is 41.6 Å². The van der Waals surface area contributed by atoms with Gasteiger partial charge in [0.25, 0.3) is 5.91 Å². The second kappa shape index (κ2) is 8.42. The van der Waals surface area contributed by atoms with Gasteiger partial charge in [0.05, 0.1) is 10.3 Å². The van der Waals surface area contributed by atoms with Crippen LogP contribution in [0.4, 0.5) is 5.82 Å². The molecule has 3 aromatic rings. The highest BCUT2D eigenvalue weighted by molar-refractivity contribution is 7.89. The minimum atomic E-state index is -3.47. The summed E-state index contributed by atoms with van der Waals surface area (Å²) in [5.74, 6) is 0.844. The lowest BCUT2D eigenvalue weighted by Crippen LogP contribution is -2.49. The molecule has 32 heavy (non-hydrogen) atoms. The van der Waals surface area contributed by atoms with Gasteiger partial charge in [0.1, 0.15) is 17.0 Å². The lowest BCUT2D eigenvalue weighted by Gasteiger charge is -2.35. The predicted molar refractivity (Wildman–Crippen MR) is 125 cm³/mol. The standard InChI is InChI=1S/C22H25N5O3S2/c1-16-14-19-20(23-15-24-21(19)31-16)25-10-12-26(13-11-25)22(28)17-4-6-18(7-5-17)32(29,30)27-8-2-3-9-27/h4-7,14-15H,2-3,8-13H2,1H3. The van der Waals surface area contributed by atoms with Crippen LogP contribution in [0, 0.1) is 6.92 Å². The van der Waals surface area contributed by atoms with Crippen molar-refractivity contribution in [3.05, 3.63) is 47.1 Å². The molecule has 2 saturated heterocycles. The van der Waals surface area contributed by atoms with Crippen LogP contribution in [0.2, 0.25) is 0 Å². The molecule has 1 amide bonds. The molecule has 0 saturated carbocycles. The monoisotopic (exact) mass is 471 g/mol. The van der Waals surface area contributed by atoms with E-state index < -0.39 is 10.0 Å². The van der Waals surface area contributed by atoms with Gasteiger partial charge in [-0.25, -0.2) is 18.4 Å². The molecule has 0 radical (unpaired) electrons. The smallest absolute Gasteiger partial charge is 0.253 e. The topological polar surface area (TPSA) is 86.7 Å². The Morgan fingerprint density at radius 2 is 1.66 bits per heavy atom. The molecule has 0 N–H and O–H groups in total. The minimum Gasteiger partial charge on any atom is -0.352 e. The SMILES string of the molecule is Cc1cc2c(N3CCN(C(=O)c4ccc(S(=O)(=O)N5CCCC5)cc4)CC3)ncnc2s1. The van der Waals surface area contributed by atoms with Crippen molar-refractivity contribution >= 4 is 43.3 Å². The van der Waals surface area contributed by atoms with Crippen molar-refractivity contribution in [1.29, 1.82) is 0 Å². The van der Waals surface area contributed by atoms with Gasteiger partial charge in [-0.1, -0.05) is 0 Å². The van der Waals surface area contributed by atoms with E-state index in [2.05, 4.69) is 27.9 Å². The fourth-order valence-corrected chi connectivity index (χ4v) is 6.73. The summed E-state index contributed by atoms with van der Waals surface area (Å²) >= 11 is 1.66. The number of piperazine rings is 1. The van der Waals surface area contributed by atoms with Crippen LogP contribution in [0.3, 0.4) is 0 Å². The predicted octanol–water partition coefficient (Wildman–Crippen LogP) is 2.75. The third-order valence-corrected chi connectivity index (χ3v) is 8.97. The van der Waals surface area contributed by atoms with E-state index >= 15 is 0 Å². The second-order valence-electron chi connectivity index (χ2n) is 8.19. The maximum atomic E-state index is 13.0. The molecule has 0 atom stereocenters. The van der Waals surface area contributed by atoms with Crippen LogP contribution >= 0.6 is 11.3 Å². The summed E-state index contributed by atoms with van der Waals surface area (Å²) in [6.07, 6.45) is 3.39. The molecule has 168 valence electrons. The van der Waals surface area contributed by atoms with E-state index in [9.17, 15) is 13.2 Å². The lowest BCUT2D eigenvalue weighted by atomic mass is 10.2. The van der Waals surface area contributed by atoms with Crippen molar-refractivity contribution in [3.8, 4) is 0 Å². The number of thiophene rings is 1. The molecular formula is C22H25N5O3S2. The number of benzene rings is 1. The molecule has 2 fully saturated rings. The molecule has 1 aromatic carbocycles. The summed E-state index contributed by atoms with van der Waals surface area (Å²) < 4.78 is 26.9. The molecule has 8 nitrogen and oxygen atoms in total. The van der Waals surface area contributed by atoms with Crippen molar-refractivity contribution in [2.45, 2.75) is 24.7 Å². The van der Waals surface area contributed by atoms with E-state index in [1.165, 1.54) is 9.18 Å². The number of anilines is 1. The van der Waals surface area contributed by atoms with Gasteiger partial charge in [-0.15, -0.1) is 11.3 Å². The van der Waals surface area contributed by atoms with Gasteiger partial charge < -0.3 is 9.80 Å². The average Bonchev–Trinajstić information content (AvgIpc) is 3.48. The largest absolute Gasteiger partial charge is 0.352 e. The van der Waals surface area contributed by atoms with Gasteiger partial charge in [0.2, 0.25) is 10.0 Å². The Kier molecular flexibility index (Phi) is 5.60. The van der Waals surface area contributed by atoms with Crippen molar-refractivity contribution in [2.24, 2.45) is 0 Å². The zero-order valence-corrected chi connectivity index (χ0v) is 19.5. The Balaban J connectivity index is 1.26. The normalized spacial score (nSPS) is 17.9. The van der Waals surface area contributed by atoms with Gasteiger partial charge in [-0.05, 0) is 50.1 Å². The van der Waals surface area contributed by atoms with Crippen LogP contribution in [-0.2, 0) is 10.0 Å². The van der Waals surface area contributed by atoms with Crippen LogP contribution in [0.25, 0.3) is 10.2 Å². The summed E-state index contributed by atoms with van der Waals surface area (Å²) in [5.41, 5.74) is 0.511. The Morgan fingerprint density at radius 1 is 0.969 bits per heavy atom. The number of rotatable bonds is 4. The first-order valence-electron chi connectivity index (χ1n) is 10.8. The van der Waals surface area contributed by atoms with E-state index in [1.54, 1.807) is 41.9 Å². The first-order chi connectivity index (χ1) is 15.4. The van der Waals surface area contributed by atoms with E-state index in [0.29, 0.717) is 44.8 Å². The van der Waals surface area contributed by atoms with Gasteiger partial charge in [0.15, 0.2) is 0 Å². The van der Waals surface area contributed by atoms with Crippen molar-refractivity contribution in [3.63, 3.8) is 0 Å². The van der Waals surface area contributed by atoms with E-state index in [0.717, 1.165) is 28.9 Å². The number of carbonyl (C=O) groups excluding carboxylic acids is 1. The highest BCUT2D eigenvalue weighted by Gasteiger charge is 2.28. The van der Waals surface area contributed by atoms with Crippen molar-refractivity contribution in [2.75, 3.05) is 44.2 Å². The second-order valence-corrected chi connectivity index (χ2v) is 11.4. The van der Waals surface area contributed by atoms with E-state index in [-0.39, 0.29) is 10.8 Å². The number of aromatic nitrogens is 2. The molecule has 0 aliphatic carbocycles. The molecule has 0 spiro atoms. The lowest BCUT2D eigenvalue weighted by molar-refractivity contribution is 0.0746. The number of hydrogen-bond acceptors (Lipinski definition) is 7. The van der Waals surface area contributed by atoms with Crippen LogP contribution in [-0.4, -0.2) is 72.8 Å². The molecule has 0 bridgehead atoms. The fourth-order valence-electron chi connectivity index (χ4n) is 4.37. The molecular weight excluding hydrogens is 446 g/mol. The molecule has 2 aliphatic rings. The summed E-state index contributed by atoms with van der Waals surface area (Å²) in [6.45, 7) is 5.74. The van der Waals surface area contributed by atoms with Gasteiger partial charge >= 0.3 is 0 Å². The molecule has 4 heterocycles. The summed E-state index contributed by atoms with van der Waals surface area (Å²) in [4.78, 5) is 28.3. The molecule has 5 rings (SSSR count). The molecule has 0 unspecified atom stereocenters. The van der Waals surface area contributed by atoms with Gasteiger partial charge in [-0.2, -0.15) is 4.31 Å². The summed E-state index contributed by atoms with van der Waals surface area (Å²) in [7, 11) is -3.47. The summed E-state index contributed by atoms with van der Waals surface area (Å²) in [5, 5.41) is 1.06. The Labute approximate surface area is 191 Å². The van der Waals surface area contributed by atoms with Crippen molar-refractivity contribution in [1.82, 2.24) is 19.2 Å². The number of nitrogens with zero attached hydrogens (tertiary/aromatic N) is 5. The summed E-state index contributed by atoms with van der Waals surface area (Å²) in [6, 6.07) is 8.46. The molecule has 2 aromatic heterocycles. The highest BCUT2D eigenvalue weighted by atomic mass is 32.2. The number of sulfonamides is 1. The quantitative estimate of drug-likeness (QED) is 0.582. The number of amides is 1. The fraction of sp³-hybridized carbons (Fsp3) is 0.409. The number of fused-ring (bicyclic) bond motifs is 1. The van der Waals surface area contributed by atoms with Gasteiger partial charge in [0, 0.05) is 49.7 Å². The Bertz CT molecular complexity index is 1240. The van der Waals surface area contributed by atoms with Crippen LogP contribution in [0.5, 0.6) is 0 Å². The zero-order valence-electron chi connectivity index (χ0n) is 17.9. The zero-order chi connectivity index (χ0) is 22.3. The third kappa shape index (κ3) is 3.87. The van der Waals surface area contributed by atoms with E-state index in [4.69, 9.17) is 0 Å². The molecule has 10 heteroatoms. The van der Waals surface area contributed by atoms with Crippen LogP contribution in [0.1, 0.15) is 28.1 Å². The number of carbonyl (C=O) groups is 1. The number of hydrogen-bond donors (Lipinski definition) is 0. The molecule has 2 aliphatic heterocycles. The Hall–Kier alpha value is -2.56. The highest BCUT2D eigenvalue weighted by Crippen LogP contribution is 2.30. The van der Waals surface area contributed by atoms with Crippen LogP contribution < -0.4 is 4.90 Å². The first kappa shape index (κ1) is 21.3. The Morgan fingerprint density at radius 3 is 2.34 bits per heavy atom. The minimum absolute atomic E-state index is 0.0750. The average molecular weight is 472 g/mol. The first-order valence-corrected chi connectivity index (χ1v) is 13.0. The van der Waals surface area contributed by atoms with Gasteiger partial charge in [-0.3, -0.25) is 4.79 Å². The maximum absolute atomic E-state index is 13.0. The number of aryl methyl sites for hydroxylation is 1. The third-order valence-electron chi connectivity index (χ3n) is 6.10. The van der Waals surface area contributed by atoms with E-state index in [1.807, 2.05) is 4.90 Å². The maximum Gasteiger partial charge on any atom is 0.253 e. The van der Waals surface area contributed by atoms with Crippen molar-refractivity contribution < 1.29 is 13.2 Å².